The van der Waals surface area contributed by atoms with Crippen molar-refractivity contribution in [3.8, 4) is 6.07 Å². The zero-order valence-corrected chi connectivity index (χ0v) is 17.3. The molecule has 0 aliphatic carbocycles. The third-order valence-corrected chi connectivity index (χ3v) is 6.61. The van der Waals surface area contributed by atoms with Gasteiger partial charge >= 0.3 is 5.97 Å². The van der Waals surface area contributed by atoms with Crippen molar-refractivity contribution in [3.63, 3.8) is 0 Å². The van der Waals surface area contributed by atoms with Gasteiger partial charge in [0.05, 0.1) is 16.6 Å². The van der Waals surface area contributed by atoms with E-state index in [1.54, 1.807) is 29.2 Å². The van der Waals surface area contributed by atoms with Gasteiger partial charge < -0.3 is 9.14 Å². The Balaban J connectivity index is 1.49. The molecule has 0 N–H and O–H groups in total. The molecule has 4 rings (SSSR count). The minimum Gasteiger partial charge on any atom is -0.457 e. The summed E-state index contributed by atoms with van der Waals surface area (Å²) < 4.78 is 8.40. The molecule has 3 heterocycles. The van der Waals surface area contributed by atoms with Crippen LogP contribution in [-0.4, -0.2) is 15.4 Å². The Morgan fingerprint density at radius 2 is 2.07 bits per heavy atom. The summed E-state index contributed by atoms with van der Waals surface area (Å²) in [4.78, 5) is 17.2. The van der Waals surface area contributed by atoms with E-state index in [1.165, 1.54) is 0 Å². The predicted octanol–water partition coefficient (Wildman–Crippen LogP) is 5.23. The van der Waals surface area contributed by atoms with E-state index >= 15 is 0 Å². The molecule has 0 fully saturated rings. The summed E-state index contributed by atoms with van der Waals surface area (Å²) in [6.45, 7) is 2.02. The second kappa shape index (κ2) is 8.52. The van der Waals surface area contributed by atoms with E-state index in [-0.39, 0.29) is 6.61 Å². The molecular formula is C22H17N3O2S2. The maximum absolute atomic E-state index is 12.7. The molecule has 0 bridgehead atoms. The molecule has 4 aromatic rings. The second-order valence-corrected chi connectivity index (χ2v) is 8.49. The van der Waals surface area contributed by atoms with Crippen LogP contribution in [0.2, 0.25) is 0 Å². The van der Waals surface area contributed by atoms with E-state index in [4.69, 9.17) is 4.74 Å². The summed E-state index contributed by atoms with van der Waals surface area (Å²) in [5, 5.41) is 11.5. The van der Waals surface area contributed by atoms with E-state index < -0.39 is 5.97 Å². The first-order chi connectivity index (χ1) is 14.2. The van der Waals surface area contributed by atoms with Gasteiger partial charge in [0.1, 0.15) is 17.0 Å². The summed E-state index contributed by atoms with van der Waals surface area (Å²) >= 11 is 3.20. The van der Waals surface area contributed by atoms with Crippen LogP contribution in [0.25, 0.3) is 5.52 Å². The van der Waals surface area contributed by atoms with Crippen molar-refractivity contribution in [2.24, 2.45) is 0 Å². The summed E-state index contributed by atoms with van der Waals surface area (Å²) in [6.07, 6.45) is 3.70. The predicted molar refractivity (Wildman–Crippen MR) is 114 cm³/mol. The fraction of sp³-hybridized carbons (Fsp3) is 0.136. The number of rotatable bonds is 6. The second-order valence-electron chi connectivity index (χ2n) is 6.41. The zero-order chi connectivity index (χ0) is 20.2. The van der Waals surface area contributed by atoms with E-state index in [2.05, 4.69) is 11.1 Å². The molecule has 0 atom stereocenters. The highest BCUT2D eigenvalue weighted by Crippen LogP contribution is 2.28. The molecule has 0 aliphatic rings. The molecule has 0 spiro atoms. The number of fused-ring (bicyclic) bond motifs is 1. The van der Waals surface area contributed by atoms with Crippen molar-refractivity contribution in [1.29, 1.82) is 5.26 Å². The Labute approximate surface area is 176 Å². The van der Waals surface area contributed by atoms with Crippen LogP contribution in [0.3, 0.4) is 0 Å². The van der Waals surface area contributed by atoms with Gasteiger partial charge in [-0.15, -0.1) is 11.3 Å². The Kier molecular flexibility index (Phi) is 5.65. The van der Waals surface area contributed by atoms with Crippen LogP contribution in [0.1, 0.15) is 32.7 Å². The number of thioether (sulfide) groups is 1. The average molecular weight is 420 g/mol. The summed E-state index contributed by atoms with van der Waals surface area (Å²) in [7, 11) is 0. The van der Waals surface area contributed by atoms with Gasteiger partial charge in [0, 0.05) is 34.8 Å². The molecule has 0 amide bonds. The van der Waals surface area contributed by atoms with Crippen molar-refractivity contribution in [3.05, 3.63) is 88.2 Å². The highest BCUT2D eigenvalue weighted by Gasteiger charge is 2.16. The molecule has 0 radical (unpaired) electrons. The number of aryl methyl sites for hydroxylation is 1. The lowest BCUT2D eigenvalue weighted by atomic mass is 10.1. The highest BCUT2D eigenvalue weighted by molar-refractivity contribution is 8.00. The smallest absolute Gasteiger partial charge is 0.338 e. The first-order valence-electron chi connectivity index (χ1n) is 8.94. The number of hydrogen-bond acceptors (Lipinski definition) is 6. The minimum absolute atomic E-state index is 0.0521. The van der Waals surface area contributed by atoms with Crippen LogP contribution < -0.4 is 0 Å². The van der Waals surface area contributed by atoms with Crippen molar-refractivity contribution in [2.45, 2.75) is 23.6 Å². The largest absolute Gasteiger partial charge is 0.457 e. The zero-order valence-electron chi connectivity index (χ0n) is 15.7. The molecule has 29 heavy (non-hydrogen) atoms. The normalized spacial score (nSPS) is 10.8. The maximum atomic E-state index is 12.7. The van der Waals surface area contributed by atoms with Gasteiger partial charge in [-0.25, -0.2) is 9.78 Å². The maximum Gasteiger partial charge on any atom is 0.338 e. The van der Waals surface area contributed by atoms with E-state index in [0.717, 1.165) is 21.1 Å². The number of esters is 1. The molecule has 1 aromatic carbocycles. The Hall–Kier alpha value is -3.08. The lowest BCUT2D eigenvalue weighted by molar-refractivity contribution is 0.0471. The molecule has 0 unspecified atom stereocenters. The van der Waals surface area contributed by atoms with Crippen molar-refractivity contribution >= 4 is 34.6 Å². The number of aromatic nitrogens is 2. The van der Waals surface area contributed by atoms with Gasteiger partial charge in [-0.3, -0.25) is 0 Å². The number of ether oxygens (including phenoxy) is 1. The van der Waals surface area contributed by atoms with Crippen molar-refractivity contribution < 1.29 is 9.53 Å². The third-order valence-electron chi connectivity index (χ3n) is 4.42. The number of pyridine rings is 1. The lowest BCUT2D eigenvalue weighted by Gasteiger charge is -2.09. The monoisotopic (exact) mass is 419 g/mol. The van der Waals surface area contributed by atoms with Gasteiger partial charge in [-0.1, -0.05) is 36.0 Å². The number of thiazole rings is 1. The van der Waals surface area contributed by atoms with Gasteiger partial charge in [-0.2, -0.15) is 5.26 Å². The summed E-state index contributed by atoms with van der Waals surface area (Å²) in [6, 6.07) is 15.3. The first kappa shape index (κ1) is 19.2. The number of hydrogen-bond donors (Lipinski definition) is 0. The number of nitrogens with zero attached hydrogens (tertiary/aromatic N) is 3. The Bertz CT molecular complexity index is 1220. The molecule has 3 aromatic heterocycles. The SMILES string of the molecule is Cc1csc(SCc2ccccc2C(=O)OCc2cn3ccccc3c2C#N)n1. The van der Waals surface area contributed by atoms with Gasteiger partial charge in [-0.05, 0) is 30.7 Å². The Morgan fingerprint density at radius 1 is 1.24 bits per heavy atom. The van der Waals surface area contributed by atoms with Crippen LogP contribution in [-0.2, 0) is 17.1 Å². The fourth-order valence-electron chi connectivity index (χ4n) is 3.02. The molecule has 0 aliphatic heterocycles. The molecule has 0 saturated heterocycles. The van der Waals surface area contributed by atoms with Crippen molar-refractivity contribution in [2.75, 3.05) is 0 Å². The van der Waals surface area contributed by atoms with Gasteiger partial charge in [0.15, 0.2) is 0 Å². The van der Waals surface area contributed by atoms with E-state index in [0.29, 0.717) is 22.4 Å². The number of carbonyl (C=O) groups is 1. The van der Waals surface area contributed by atoms with E-state index in [1.807, 2.05) is 65.5 Å². The average Bonchev–Trinajstić information content (AvgIpc) is 3.33. The summed E-state index contributed by atoms with van der Waals surface area (Å²) in [5.74, 6) is 0.244. The van der Waals surface area contributed by atoms with Crippen LogP contribution in [0.15, 0.2) is 64.6 Å². The van der Waals surface area contributed by atoms with Crippen LogP contribution >= 0.6 is 23.1 Å². The van der Waals surface area contributed by atoms with Crippen LogP contribution in [0.4, 0.5) is 0 Å². The van der Waals surface area contributed by atoms with Crippen LogP contribution in [0, 0.1) is 18.3 Å². The van der Waals surface area contributed by atoms with Crippen molar-refractivity contribution in [1.82, 2.24) is 9.38 Å². The quantitative estimate of drug-likeness (QED) is 0.316. The number of benzene rings is 1. The van der Waals surface area contributed by atoms with E-state index in [9.17, 15) is 10.1 Å². The lowest BCUT2D eigenvalue weighted by Crippen LogP contribution is -2.08. The fourth-order valence-corrected chi connectivity index (χ4v) is 4.87. The topological polar surface area (TPSA) is 67.4 Å². The molecule has 0 saturated carbocycles. The summed E-state index contributed by atoms with van der Waals surface area (Å²) in [5.41, 5.74) is 4.46. The molecule has 7 heteroatoms. The van der Waals surface area contributed by atoms with Gasteiger partial charge in [0.2, 0.25) is 0 Å². The third kappa shape index (κ3) is 4.19. The highest BCUT2D eigenvalue weighted by atomic mass is 32.2. The number of nitriles is 1. The van der Waals surface area contributed by atoms with Crippen LogP contribution in [0.5, 0.6) is 0 Å². The number of carbonyl (C=O) groups excluding carboxylic acids is 1. The standard InChI is InChI=1S/C22H17N3O2S2/c1-15-13-28-22(24-15)29-14-16-6-2-3-7-18(16)21(26)27-12-17-11-25-9-5-4-8-20(25)19(17)10-23/h2-9,11,13H,12,14H2,1H3. The van der Waals surface area contributed by atoms with Gasteiger partial charge in [0.25, 0.3) is 0 Å². The first-order valence-corrected chi connectivity index (χ1v) is 10.8. The molecular weight excluding hydrogens is 402 g/mol. The Morgan fingerprint density at radius 3 is 2.86 bits per heavy atom. The molecule has 144 valence electrons. The minimum atomic E-state index is -0.393. The molecule has 5 nitrogen and oxygen atoms in total.